The van der Waals surface area contributed by atoms with Crippen LogP contribution in [-0.4, -0.2) is 47.9 Å². The molecule has 0 aliphatic carbocycles. The van der Waals surface area contributed by atoms with Crippen molar-refractivity contribution in [3.05, 3.63) is 0 Å². The Kier molecular flexibility index (Phi) is 6.13. The van der Waals surface area contributed by atoms with Gasteiger partial charge < -0.3 is 22.2 Å². The van der Waals surface area contributed by atoms with Crippen molar-refractivity contribution in [3.8, 4) is 0 Å². The van der Waals surface area contributed by atoms with Crippen molar-refractivity contribution in [1.82, 2.24) is 9.80 Å². The van der Waals surface area contributed by atoms with Gasteiger partial charge in [0.15, 0.2) is 0 Å². The van der Waals surface area contributed by atoms with Crippen molar-refractivity contribution in [3.63, 3.8) is 0 Å². The van der Waals surface area contributed by atoms with Crippen LogP contribution in [0.25, 0.3) is 0 Å². The smallest absolute Gasteiger partial charge is 1.00 e. The summed E-state index contributed by atoms with van der Waals surface area (Å²) in [6, 6.07) is 0.731. The Hall–Kier alpha value is -0.280. The first kappa shape index (κ1) is 16.8. The molecule has 0 spiro atoms. The van der Waals surface area contributed by atoms with Gasteiger partial charge in [-0.25, -0.2) is 0 Å². The van der Waals surface area contributed by atoms with E-state index in [1.807, 2.05) is 20.8 Å². The molecule has 2 saturated heterocycles. The predicted molar refractivity (Wildman–Crippen MR) is 75.6 cm³/mol. The molecule has 0 aromatic rings. The van der Waals surface area contributed by atoms with E-state index in [1.54, 1.807) is 0 Å². The maximum absolute atomic E-state index is 12.2. The second-order valence-electron chi connectivity index (χ2n) is 6.87. The van der Waals surface area contributed by atoms with E-state index in [0.717, 1.165) is 19.1 Å². The second kappa shape index (κ2) is 6.94. The molecule has 2 rings (SSSR count). The molecule has 0 unspecified atom stereocenters. The number of hydrogen-bond donors (Lipinski definition) is 0. The summed E-state index contributed by atoms with van der Waals surface area (Å²) < 4.78 is 0. The van der Waals surface area contributed by atoms with Gasteiger partial charge in [-0.05, 0) is 38.8 Å². The zero-order valence-corrected chi connectivity index (χ0v) is 13.4. The maximum Gasteiger partial charge on any atom is 1.00 e. The van der Waals surface area contributed by atoms with Crippen molar-refractivity contribution in [2.45, 2.75) is 58.9 Å². The summed E-state index contributed by atoms with van der Waals surface area (Å²) in [4.78, 5) is 16.9. The minimum absolute atomic E-state index is 0. The van der Waals surface area contributed by atoms with Crippen LogP contribution in [0.5, 0.6) is 0 Å². The first-order chi connectivity index (χ1) is 8.48. The lowest BCUT2D eigenvalue weighted by molar-refractivity contribution is -0.141. The maximum atomic E-state index is 12.2. The zero-order valence-electron chi connectivity index (χ0n) is 13.6. The number of carbonyl (C=O) groups excluding carboxylic acids is 1. The number of rotatable bonds is 1. The van der Waals surface area contributed by atoms with E-state index in [1.165, 1.54) is 45.2 Å². The number of nitrogens with zero attached hydrogens (tertiary/aromatic N) is 2. The minimum atomic E-state index is -0.224. The molecule has 0 bridgehead atoms. The number of likely N-dealkylation sites (tertiary alicyclic amines) is 2. The summed E-state index contributed by atoms with van der Waals surface area (Å²) in [5.74, 6) is 0.319. The van der Waals surface area contributed by atoms with E-state index in [2.05, 4.69) is 9.80 Å². The van der Waals surface area contributed by atoms with E-state index >= 15 is 0 Å². The molecule has 2 fully saturated rings. The molecule has 0 radical (unpaired) electrons. The molecule has 3 nitrogen and oxygen atoms in total. The standard InChI is InChI=1S/C15H28N2O.ClH/c1-15(2,3)14(18)17-11-7-13(8-12-17)16-9-5-4-6-10-16;/h13H,4-12H2,1-3H3;1H. The summed E-state index contributed by atoms with van der Waals surface area (Å²) in [5.41, 5.74) is -0.224. The monoisotopic (exact) mass is 288 g/mol. The number of amides is 1. The highest BCUT2D eigenvalue weighted by atomic mass is 35.5. The molecule has 112 valence electrons. The van der Waals surface area contributed by atoms with Crippen LogP contribution in [0.2, 0.25) is 0 Å². The Bertz CT molecular complexity index is 293. The summed E-state index contributed by atoms with van der Waals surface area (Å²) in [6.07, 6.45) is 6.46. The molecule has 2 aliphatic heterocycles. The van der Waals surface area contributed by atoms with Gasteiger partial charge in [-0.1, -0.05) is 27.2 Å². The van der Waals surface area contributed by atoms with Gasteiger partial charge in [-0.3, -0.25) is 4.79 Å². The summed E-state index contributed by atoms with van der Waals surface area (Å²) in [6.45, 7) is 10.5. The van der Waals surface area contributed by atoms with Gasteiger partial charge in [0.25, 0.3) is 0 Å². The Morgan fingerprint density at radius 3 is 2.00 bits per heavy atom. The van der Waals surface area contributed by atoms with E-state index in [4.69, 9.17) is 0 Å². The first-order valence-electron chi connectivity index (χ1n) is 7.52. The van der Waals surface area contributed by atoms with Crippen molar-refractivity contribution >= 4 is 5.91 Å². The molecule has 0 N–H and O–H groups in total. The highest BCUT2D eigenvalue weighted by Crippen LogP contribution is 2.24. The fourth-order valence-electron chi connectivity index (χ4n) is 3.19. The second-order valence-corrected chi connectivity index (χ2v) is 6.87. The van der Waals surface area contributed by atoms with Crippen molar-refractivity contribution in [1.29, 1.82) is 0 Å². The average molecular weight is 289 g/mol. The number of halogens is 1. The van der Waals surface area contributed by atoms with Gasteiger partial charge in [-0.2, -0.15) is 0 Å². The molecule has 2 aliphatic rings. The zero-order chi connectivity index (χ0) is 13.2. The lowest BCUT2D eigenvalue weighted by Gasteiger charge is -2.41. The molecule has 1 amide bonds. The largest absolute Gasteiger partial charge is 1.00 e. The van der Waals surface area contributed by atoms with Gasteiger partial charge >= 0.3 is 1.43 Å². The van der Waals surface area contributed by atoms with Crippen LogP contribution in [-0.2, 0) is 4.79 Å². The third kappa shape index (κ3) is 4.35. The molecule has 19 heavy (non-hydrogen) atoms. The topological polar surface area (TPSA) is 23.6 Å². The third-order valence-corrected chi connectivity index (χ3v) is 4.30. The lowest BCUT2D eigenvalue weighted by atomic mass is 9.92. The Balaban J connectivity index is 0.00000180. The number of carbonyl (C=O) groups is 1. The molecule has 2 heterocycles. The molecule has 0 aromatic carbocycles. The highest BCUT2D eigenvalue weighted by Gasteiger charge is 2.32. The molecule has 4 heteroatoms. The quantitative estimate of drug-likeness (QED) is 0.657. The molecule has 0 saturated carbocycles. The van der Waals surface area contributed by atoms with Crippen LogP contribution >= 0.6 is 0 Å². The third-order valence-electron chi connectivity index (χ3n) is 4.30. The van der Waals surface area contributed by atoms with Gasteiger partial charge in [0.1, 0.15) is 0 Å². The molecule has 0 aromatic heterocycles. The predicted octanol–water partition coefficient (Wildman–Crippen LogP) is -0.374. The van der Waals surface area contributed by atoms with Crippen LogP contribution < -0.4 is 12.4 Å². The SMILES string of the molecule is CC(C)(C)C(=O)N1CCC(N2CCCCC2)CC1.[Cl-].[H+]. The summed E-state index contributed by atoms with van der Waals surface area (Å²) in [7, 11) is 0. The van der Waals surface area contributed by atoms with E-state index in [9.17, 15) is 4.79 Å². The van der Waals surface area contributed by atoms with E-state index in [0.29, 0.717) is 5.91 Å². The van der Waals surface area contributed by atoms with Crippen LogP contribution in [0, 0.1) is 5.41 Å². The van der Waals surface area contributed by atoms with Gasteiger partial charge in [0.2, 0.25) is 5.91 Å². The number of hydrogen-bond acceptors (Lipinski definition) is 2. The van der Waals surface area contributed by atoms with E-state index in [-0.39, 0.29) is 19.2 Å². The average Bonchev–Trinajstić information content (AvgIpc) is 2.38. The van der Waals surface area contributed by atoms with Crippen LogP contribution in [0.15, 0.2) is 0 Å². The Morgan fingerprint density at radius 1 is 1.00 bits per heavy atom. The van der Waals surface area contributed by atoms with Gasteiger partial charge in [0.05, 0.1) is 0 Å². The van der Waals surface area contributed by atoms with Crippen LogP contribution in [0.4, 0.5) is 0 Å². The molecular formula is C15H29ClN2O. The summed E-state index contributed by atoms with van der Waals surface area (Å²) in [5, 5.41) is 0. The Morgan fingerprint density at radius 2 is 1.53 bits per heavy atom. The van der Waals surface area contributed by atoms with Gasteiger partial charge in [-0.15, -0.1) is 0 Å². The molecular weight excluding hydrogens is 260 g/mol. The van der Waals surface area contributed by atoms with Crippen molar-refractivity contribution < 1.29 is 18.6 Å². The minimum Gasteiger partial charge on any atom is -1.00 e. The lowest BCUT2D eigenvalue weighted by Crippen LogP contribution is -3.00. The normalized spacial score (nSPS) is 23.0. The van der Waals surface area contributed by atoms with Crippen molar-refractivity contribution in [2.24, 2.45) is 5.41 Å². The number of piperidine rings is 2. The van der Waals surface area contributed by atoms with Gasteiger partial charge in [0, 0.05) is 24.5 Å². The Labute approximate surface area is 125 Å². The van der Waals surface area contributed by atoms with Crippen molar-refractivity contribution in [2.75, 3.05) is 26.2 Å². The molecule has 0 atom stereocenters. The highest BCUT2D eigenvalue weighted by molar-refractivity contribution is 5.81. The van der Waals surface area contributed by atoms with Crippen LogP contribution in [0.1, 0.15) is 54.3 Å². The van der Waals surface area contributed by atoms with Crippen LogP contribution in [0.3, 0.4) is 0 Å². The first-order valence-corrected chi connectivity index (χ1v) is 7.52. The summed E-state index contributed by atoms with van der Waals surface area (Å²) >= 11 is 0. The fourth-order valence-corrected chi connectivity index (χ4v) is 3.19. The fraction of sp³-hybridized carbons (Fsp3) is 0.933. The van der Waals surface area contributed by atoms with E-state index < -0.39 is 0 Å².